The Labute approximate surface area is 158 Å². The highest BCUT2D eigenvalue weighted by atomic mass is 14.7. The van der Waals surface area contributed by atoms with Crippen LogP contribution in [0.5, 0.6) is 0 Å². The van der Waals surface area contributed by atoms with Gasteiger partial charge in [-0.25, -0.2) is 0 Å². The van der Waals surface area contributed by atoms with Crippen LogP contribution in [0, 0.1) is 6.92 Å². The summed E-state index contributed by atoms with van der Waals surface area (Å²) in [6, 6.07) is 27.5. The Morgan fingerprint density at radius 1 is 0.593 bits per heavy atom. The van der Waals surface area contributed by atoms with Crippen LogP contribution in [-0.2, 0) is 0 Å². The molecule has 3 aromatic carbocycles. The Morgan fingerprint density at radius 2 is 1.22 bits per heavy atom. The molecule has 0 atom stereocenters. The van der Waals surface area contributed by atoms with Gasteiger partial charge in [0.25, 0.3) is 0 Å². The standard InChI is InChI=1S/C25H18N2/c1-17-14-22(18-8-4-2-5-9-18)21-13-12-20-23(19-10-6-3-7-11-19)15-26-16-24(20)25(21)27-17/h2-16H,1H3. The number of aromatic nitrogens is 2. The minimum atomic E-state index is 1.01. The third-order valence-corrected chi connectivity index (χ3v) is 5.02. The van der Waals surface area contributed by atoms with E-state index < -0.39 is 0 Å². The van der Waals surface area contributed by atoms with Gasteiger partial charge in [0.05, 0.1) is 5.52 Å². The van der Waals surface area contributed by atoms with E-state index in [-0.39, 0.29) is 0 Å². The third-order valence-electron chi connectivity index (χ3n) is 5.02. The molecule has 0 aliphatic carbocycles. The van der Waals surface area contributed by atoms with Gasteiger partial charge in [0.15, 0.2) is 0 Å². The molecule has 0 bridgehead atoms. The van der Waals surface area contributed by atoms with Crippen LogP contribution >= 0.6 is 0 Å². The van der Waals surface area contributed by atoms with E-state index in [0.717, 1.165) is 27.5 Å². The normalized spacial score (nSPS) is 11.1. The van der Waals surface area contributed by atoms with Crippen molar-refractivity contribution >= 4 is 21.7 Å². The maximum absolute atomic E-state index is 4.88. The minimum Gasteiger partial charge on any atom is -0.263 e. The highest BCUT2D eigenvalue weighted by molar-refractivity contribution is 6.13. The highest BCUT2D eigenvalue weighted by Gasteiger charge is 2.12. The first kappa shape index (κ1) is 15.7. The first-order chi connectivity index (χ1) is 13.3. The summed E-state index contributed by atoms with van der Waals surface area (Å²) in [5.41, 5.74) is 6.76. The lowest BCUT2D eigenvalue weighted by atomic mass is 9.95. The third kappa shape index (κ3) is 2.67. The van der Waals surface area contributed by atoms with Crippen molar-refractivity contribution in [1.29, 1.82) is 0 Å². The molecule has 27 heavy (non-hydrogen) atoms. The smallest absolute Gasteiger partial charge is 0.0805 e. The summed E-state index contributed by atoms with van der Waals surface area (Å²) in [5.74, 6) is 0. The molecule has 0 spiro atoms. The van der Waals surface area contributed by atoms with E-state index in [0.29, 0.717) is 0 Å². The maximum atomic E-state index is 4.88. The van der Waals surface area contributed by atoms with Crippen molar-refractivity contribution in [3.8, 4) is 22.3 Å². The van der Waals surface area contributed by atoms with Gasteiger partial charge >= 0.3 is 0 Å². The van der Waals surface area contributed by atoms with Gasteiger partial charge in [-0.2, -0.15) is 0 Å². The van der Waals surface area contributed by atoms with Crippen molar-refractivity contribution in [3.05, 3.63) is 97.0 Å². The fourth-order valence-electron chi connectivity index (χ4n) is 3.77. The molecule has 2 nitrogen and oxygen atoms in total. The first-order valence-corrected chi connectivity index (χ1v) is 9.10. The second-order valence-corrected chi connectivity index (χ2v) is 6.79. The molecule has 128 valence electrons. The van der Waals surface area contributed by atoms with Crippen LogP contribution in [0.1, 0.15) is 5.69 Å². The molecule has 0 saturated carbocycles. The molecule has 2 heteroatoms. The summed E-state index contributed by atoms with van der Waals surface area (Å²) in [7, 11) is 0. The molecular formula is C25H18N2. The van der Waals surface area contributed by atoms with Gasteiger partial charge in [-0.3, -0.25) is 9.97 Å². The van der Waals surface area contributed by atoms with Crippen LogP contribution in [0.3, 0.4) is 0 Å². The first-order valence-electron chi connectivity index (χ1n) is 9.10. The van der Waals surface area contributed by atoms with Gasteiger partial charge < -0.3 is 0 Å². The van der Waals surface area contributed by atoms with E-state index in [1.165, 1.54) is 22.1 Å². The monoisotopic (exact) mass is 346 g/mol. The average Bonchev–Trinajstić information content (AvgIpc) is 2.74. The van der Waals surface area contributed by atoms with Gasteiger partial charge in [0.2, 0.25) is 0 Å². The number of rotatable bonds is 2. The van der Waals surface area contributed by atoms with Crippen molar-refractivity contribution in [3.63, 3.8) is 0 Å². The molecule has 2 heterocycles. The van der Waals surface area contributed by atoms with E-state index in [9.17, 15) is 0 Å². The number of benzene rings is 3. The van der Waals surface area contributed by atoms with Crippen LogP contribution in [0.2, 0.25) is 0 Å². The van der Waals surface area contributed by atoms with E-state index in [4.69, 9.17) is 4.98 Å². The van der Waals surface area contributed by atoms with Crippen molar-refractivity contribution in [1.82, 2.24) is 9.97 Å². The van der Waals surface area contributed by atoms with Crippen molar-refractivity contribution in [2.24, 2.45) is 0 Å². The molecule has 2 aromatic heterocycles. The van der Waals surface area contributed by atoms with Gasteiger partial charge in [-0.1, -0.05) is 72.8 Å². The lowest BCUT2D eigenvalue weighted by Gasteiger charge is -2.12. The van der Waals surface area contributed by atoms with Crippen LogP contribution in [-0.4, -0.2) is 9.97 Å². The Kier molecular flexibility index (Phi) is 3.68. The van der Waals surface area contributed by atoms with E-state index >= 15 is 0 Å². The number of nitrogens with zero attached hydrogens (tertiary/aromatic N) is 2. The quantitative estimate of drug-likeness (QED) is 0.344. The molecule has 0 saturated heterocycles. The van der Waals surface area contributed by atoms with E-state index in [1.54, 1.807) is 0 Å². The van der Waals surface area contributed by atoms with Crippen molar-refractivity contribution in [2.75, 3.05) is 0 Å². The van der Waals surface area contributed by atoms with Gasteiger partial charge in [-0.05, 0) is 35.1 Å². The Balaban J connectivity index is 1.86. The Hall–Kier alpha value is -3.52. The maximum Gasteiger partial charge on any atom is 0.0805 e. The lowest BCUT2D eigenvalue weighted by molar-refractivity contribution is 1.26. The SMILES string of the molecule is Cc1cc(-c2ccccc2)c2ccc3c(-c4ccccc4)cncc3c2n1. The fraction of sp³-hybridized carbons (Fsp3) is 0.0400. The van der Waals surface area contributed by atoms with E-state index in [1.807, 2.05) is 24.5 Å². The Morgan fingerprint density at radius 3 is 1.93 bits per heavy atom. The van der Waals surface area contributed by atoms with Crippen LogP contribution in [0.4, 0.5) is 0 Å². The summed E-state index contributed by atoms with van der Waals surface area (Å²) in [6.07, 6.45) is 3.88. The summed E-state index contributed by atoms with van der Waals surface area (Å²) in [5, 5.41) is 3.43. The fourth-order valence-corrected chi connectivity index (χ4v) is 3.77. The van der Waals surface area contributed by atoms with Gasteiger partial charge in [0, 0.05) is 34.4 Å². The largest absolute Gasteiger partial charge is 0.263 e. The number of aryl methyl sites for hydroxylation is 1. The van der Waals surface area contributed by atoms with Gasteiger partial charge in [-0.15, -0.1) is 0 Å². The van der Waals surface area contributed by atoms with Crippen LogP contribution in [0.15, 0.2) is 91.3 Å². The summed E-state index contributed by atoms with van der Waals surface area (Å²) in [6.45, 7) is 2.05. The Bertz CT molecular complexity index is 1260. The predicted octanol–water partition coefficient (Wildman–Crippen LogP) is 6.43. The molecule has 0 radical (unpaired) electrons. The number of pyridine rings is 2. The van der Waals surface area contributed by atoms with Crippen molar-refractivity contribution in [2.45, 2.75) is 6.92 Å². The van der Waals surface area contributed by atoms with Gasteiger partial charge in [0.1, 0.15) is 0 Å². The minimum absolute atomic E-state index is 1.01. The molecule has 5 rings (SSSR count). The molecule has 5 aromatic rings. The molecule has 0 aliphatic heterocycles. The number of hydrogen-bond donors (Lipinski definition) is 0. The zero-order valence-corrected chi connectivity index (χ0v) is 15.1. The summed E-state index contributed by atoms with van der Waals surface area (Å²) < 4.78 is 0. The second-order valence-electron chi connectivity index (χ2n) is 6.79. The molecule has 0 fully saturated rings. The average molecular weight is 346 g/mol. The van der Waals surface area contributed by atoms with Crippen molar-refractivity contribution < 1.29 is 0 Å². The van der Waals surface area contributed by atoms with Crippen LogP contribution in [0.25, 0.3) is 43.9 Å². The molecule has 0 amide bonds. The number of hydrogen-bond acceptors (Lipinski definition) is 2. The topological polar surface area (TPSA) is 25.8 Å². The molecule has 0 aliphatic rings. The molecule has 0 N–H and O–H groups in total. The lowest BCUT2D eigenvalue weighted by Crippen LogP contribution is -1.92. The zero-order valence-electron chi connectivity index (χ0n) is 15.1. The zero-order chi connectivity index (χ0) is 18.2. The van der Waals surface area contributed by atoms with Crippen LogP contribution < -0.4 is 0 Å². The predicted molar refractivity (Wildman–Crippen MR) is 113 cm³/mol. The summed E-state index contributed by atoms with van der Waals surface area (Å²) in [4.78, 5) is 9.42. The number of fused-ring (bicyclic) bond motifs is 3. The molecular weight excluding hydrogens is 328 g/mol. The highest BCUT2D eigenvalue weighted by Crippen LogP contribution is 2.35. The summed E-state index contributed by atoms with van der Waals surface area (Å²) >= 11 is 0. The van der Waals surface area contributed by atoms with E-state index in [2.05, 4.69) is 78.6 Å². The second kappa shape index (κ2) is 6.33. The molecule has 0 unspecified atom stereocenters.